The Kier molecular flexibility index (Phi) is 3.35. The van der Waals surface area contributed by atoms with E-state index in [4.69, 9.17) is 9.78 Å². The number of nitro groups is 1. The molecule has 0 amide bonds. The van der Waals surface area contributed by atoms with Crippen molar-refractivity contribution in [1.29, 1.82) is 0 Å². The zero-order valence-corrected chi connectivity index (χ0v) is 10.0. The molecule has 0 aromatic carbocycles. The van der Waals surface area contributed by atoms with Crippen LogP contribution in [0, 0.1) is 10.1 Å². The summed E-state index contributed by atoms with van der Waals surface area (Å²) in [6.07, 6.45) is 1.31. The van der Waals surface area contributed by atoms with Crippen LogP contribution in [0.2, 0.25) is 0 Å². The van der Waals surface area contributed by atoms with E-state index >= 15 is 0 Å². The van der Waals surface area contributed by atoms with Crippen molar-refractivity contribution in [3.63, 3.8) is 0 Å². The van der Waals surface area contributed by atoms with Crippen molar-refractivity contribution in [2.24, 2.45) is 0 Å². The molecule has 0 bridgehead atoms. The average molecular weight is 294 g/mol. The summed E-state index contributed by atoms with van der Waals surface area (Å²) >= 11 is 4.47. The van der Waals surface area contributed by atoms with Crippen molar-refractivity contribution < 1.29 is 14.7 Å². The summed E-state index contributed by atoms with van der Waals surface area (Å²) in [7, 11) is 0. The Morgan fingerprint density at radius 2 is 2.47 bits per heavy atom. The molecule has 0 saturated carbocycles. The highest BCUT2D eigenvalue weighted by molar-refractivity contribution is 9.10. The summed E-state index contributed by atoms with van der Waals surface area (Å²) in [5.74, 6) is 0. The maximum absolute atomic E-state index is 10.8. The van der Waals surface area contributed by atoms with Gasteiger partial charge in [0.2, 0.25) is 0 Å². The van der Waals surface area contributed by atoms with Crippen LogP contribution in [-0.2, 0) is 9.78 Å². The van der Waals surface area contributed by atoms with E-state index in [1.807, 2.05) is 0 Å². The molecule has 1 aromatic heterocycles. The van der Waals surface area contributed by atoms with E-state index in [0.717, 1.165) is 12.8 Å². The number of rotatable bonds is 2. The maximum Gasteiger partial charge on any atom is 0.300 e. The maximum atomic E-state index is 10.8. The lowest BCUT2D eigenvalue weighted by Crippen LogP contribution is -2.13. The standard InChI is InChI=1S/C8H8BrNO4S/c9-5-4-15-8(7(5)10(11)12)6-2-1-3-13-14-6/h4,6H,1-3H2. The van der Waals surface area contributed by atoms with Gasteiger partial charge in [0.15, 0.2) is 0 Å². The predicted octanol–water partition coefficient (Wildman–Crippen LogP) is 3.20. The topological polar surface area (TPSA) is 61.6 Å². The number of hydrogen-bond acceptors (Lipinski definition) is 5. The van der Waals surface area contributed by atoms with Gasteiger partial charge in [0, 0.05) is 5.38 Å². The molecule has 1 fully saturated rings. The molecule has 1 saturated heterocycles. The number of hydrogen-bond donors (Lipinski definition) is 0. The first-order valence-corrected chi connectivity index (χ1v) is 6.07. The highest BCUT2D eigenvalue weighted by Gasteiger charge is 2.30. The van der Waals surface area contributed by atoms with Crippen LogP contribution in [0.3, 0.4) is 0 Å². The van der Waals surface area contributed by atoms with E-state index in [0.29, 0.717) is 16.0 Å². The van der Waals surface area contributed by atoms with Crippen molar-refractivity contribution in [2.45, 2.75) is 18.9 Å². The predicted molar refractivity (Wildman–Crippen MR) is 57.7 cm³/mol. The van der Waals surface area contributed by atoms with Gasteiger partial charge in [0.25, 0.3) is 5.69 Å². The molecule has 2 rings (SSSR count). The Hall–Kier alpha value is -0.500. The molecule has 0 aliphatic carbocycles. The van der Waals surface area contributed by atoms with Crippen LogP contribution < -0.4 is 0 Å². The Bertz CT molecular complexity index is 375. The van der Waals surface area contributed by atoms with Crippen molar-refractivity contribution in [3.8, 4) is 0 Å². The summed E-state index contributed by atoms with van der Waals surface area (Å²) in [5, 5.41) is 12.5. The molecule has 0 N–H and O–H groups in total. The SMILES string of the molecule is O=[N+]([O-])c1c(Br)csc1C1CCCOO1. The van der Waals surface area contributed by atoms with Crippen LogP contribution in [0.1, 0.15) is 23.8 Å². The number of nitrogens with zero attached hydrogens (tertiary/aromatic N) is 1. The zero-order valence-electron chi connectivity index (χ0n) is 7.64. The fourth-order valence-corrected chi connectivity index (χ4v) is 3.15. The largest absolute Gasteiger partial charge is 0.300 e. The van der Waals surface area contributed by atoms with Crippen LogP contribution >= 0.6 is 27.3 Å². The number of thiophene rings is 1. The molecule has 1 atom stereocenters. The lowest BCUT2D eigenvalue weighted by atomic mass is 10.1. The van der Waals surface area contributed by atoms with E-state index < -0.39 is 4.92 Å². The third-order valence-electron chi connectivity index (χ3n) is 2.10. The zero-order chi connectivity index (χ0) is 10.8. The van der Waals surface area contributed by atoms with Crippen LogP contribution in [0.4, 0.5) is 5.69 Å². The molecule has 1 aliphatic heterocycles. The van der Waals surface area contributed by atoms with E-state index in [-0.39, 0.29) is 11.8 Å². The Morgan fingerprint density at radius 1 is 1.67 bits per heavy atom. The van der Waals surface area contributed by atoms with E-state index in [2.05, 4.69) is 15.9 Å². The van der Waals surface area contributed by atoms with E-state index in [1.165, 1.54) is 11.3 Å². The number of halogens is 1. The molecule has 15 heavy (non-hydrogen) atoms. The Morgan fingerprint density at radius 3 is 3.07 bits per heavy atom. The van der Waals surface area contributed by atoms with Gasteiger partial charge < -0.3 is 0 Å². The van der Waals surface area contributed by atoms with Crippen LogP contribution in [0.25, 0.3) is 0 Å². The second-order valence-electron chi connectivity index (χ2n) is 3.10. The molecule has 0 spiro atoms. The van der Waals surface area contributed by atoms with Gasteiger partial charge in [-0.1, -0.05) is 0 Å². The first kappa shape index (κ1) is 11.0. The minimum absolute atomic E-state index is 0.0931. The van der Waals surface area contributed by atoms with Gasteiger partial charge in [-0.25, -0.2) is 9.78 Å². The summed E-state index contributed by atoms with van der Waals surface area (Å²) in [4.78, 5) is 21.0. The molecule has 82 valence electrons. The van der Waals surface area contributed by atoms with Crippen molar-refractivity contribution in [3.05, 3.63) is 24.8 Å². The van der Waals surface area contributed by atoms with Crippen LogP contribution in [0.5, 0.6) is 0 Å². The normalized spacial score (nSPS) is 21.5. The monoisotopic (exact) mass is 293 g/mol. The third-order valence-corrected chi connectivity index (χ3v) is 4.07. The van der Waals surface area contributed by atoms with Gasteiger partial charge in [0.05, 0.1) is 11.5 Å². The van der Waals surface area contributed by atoms with Crippen LogP contribution in [-0.4, -0.2) is 11.5 Å². The van der Waals surface area contributed by atoms with Crippen molar-refractivity contribution >= 4 is 33.0 Å². The fraction of sp³-hybridized carbons (Fsp3) is 0.500. The highest BCUT2D eigenvalue weighted by atomic mass is 79.9. The van der Waals surface area contributed by atoms with Gasteiger partial charge in [-0.05, 0) is 28.8 Å². The van der Waals surface area contributed by atoms with Gasteiger partial charge >= 0.3 is 0 Å². The third kappa shape index (κ3) is 2.20. The quantitative estimate of drug-likeness (QED) is 0.477. The molecular formula is C8H8BrNO4S. The summed E-state index contributed by atoms with van der Waals surface area (Å²) in [6, 6.07) is 0. The summed E-state index contributed by atoms with van der Waals surface area (Å²) < 4.78 is 0.502. The van der Waals surface area contributed by atoms with Crippen molar-refractivity contribution in [1.82, 2.24) is 0 Å². The highest BCUT2D eigenvalue weighted by Crippen LogP contribution is 2.42. The van der Waals surface area contributed by atoms with Gasteiger partial charge in [-0.2, -0.15) is 0 Å². The lowest BCUT2D eigenvalue weighted by molar-refractivity contribution is -0.390. The second-order valence-corrected chi connectivity index (χ2v) is 4.87. The first-order valence-electron chi connectivity index (χ1n) is 4.39. The van der Waals surface area contributed by atoms with Gasteiger partial charge in [0.1, 0.15) is 15.5 Å². The summed E-state index contributed by atoms with van der Waals surface area (Å²) in [6.45, 7) is 0.552. The van der Waals surface area contributed by atoms with E-state index in [9.17, 15) is 10.1 Å². The molecule has 0 radical (unpaired) electrons. The molecule has 5 nitrogen and oxygen atoms in total. The van der Waals surface area contributed by atoms with Crippen molar-refractivity contribution in [2.75, 3.05) is 6.61 Å². The molecule has 1 aromatic rings. The average Bonchev–Trinajstić information content (AvgIpc) is 2.61. The van der Waals surface area contributed by atoms with E-state index in [1.54, 1.807) is 5.38 Å². The Labute approximate surface area is 98.2 Å². The molecule has 2 heterocycles. The minimum Gasteiger partial charge on any atom is -0.258 e. The minimum atomic E-state index is -0.395. The molecular weight excluding hydrogens is 286 g/mol. The fourth-order valence-electron chi connectivity index (χ4n) is 1.43. The molecule has 1 aliphatic rings. The first-order chi connectivity index (χ1) is 7.20. The van der Waals surface area contributed by atoms with Gasteiger partial charge in [-0.15, -0.1) is 11.3 Å². The molecule has 1 unspecified atom stereocenters. The molecule has 7 heteroatoms. The Balaban J connectivity index is 2.30. The second kappa shape index (κ2) is 4.56. The van der Waals surface area contributed by atoms with Gasteiger partial charge in [-0.3, -0.25) is 10.1 Å². The van der Waals surface area contributed by atoms with Crippen LogP contribution in [0.15, 0.2) is 9.85 Å². The lowest BCUT2D eigenvalue weighted by Gasteiger charge is -2.19. The smallest absolute Gasteiger partial charge is 0.258 e. The summed E-state index contributed by atoms with van der Waals surface area (Å²) in [5.41, 5.74) is 0.0931.